The third-order valence-corrected chi connectivity index (χ3v) is 7.49. The molecule has 1 unspecified atom stereocenters. The molecule has 8 nitrogen and oxygen atoms in total. The first-order valence-electron chi connectivity index (χ1n) is 8.76. The standard InChI is InChI=1S/C17H22N4O4S2/c1-12-11-18-17(26-12)13(2)19-15-7-6-14(10-16(15)21(22)23)27(24,25)20-8-4-3-5-9-20/h6-7,10-11,13,19H,3-5,8-9H2,1-2H3. The summed E-state index contributed by atoms with van der Waals surface area (Å²) in [4.78, 5) is 16.3. The Kier molecular flexibility index (Phi) is 5.78. The van der Waals surface area contributed by atoms with Gasteiger partial charge < -0.3 is 5.32 Å². The van der Waals surface area contributed by atoms with Gasteiger partial charge in [0.15, 0.2) is 0 Å². The average Bonchev–Trinajstić information content (AvgIpc) is 3.09. The van der Waals surface area contributed by atoms with Gasteiger partial charge in [0.25, 0.3) is 5.69 Å². The van der Waals surface area contributed by atoms with Crippen LogP contribution in [0, 0.1) is 17.0 Å². The third-order valence-electron chi connectivity index (χ3n) is 4.50. The van der Waals surface area contributed by atoms with Crippen molar-refractivity contribution in [1.29, 1.82) is 0 Å². The number of thiazole rings is 1. The van der Waals surface area contributed by atoms with Gasteiger partial charge in [0.1, 0.15) is 10.7 Å². The van der Waals surface area contributed by atoms with Crippen molar-refractivity contribution in [3.63, 3.8) is 0 Å². The van der Waals surface area contributed by atoms with E-state index in [1.54, 1.807) is 6.20 Å². The van der Waals surface area contributed by atoms with E-state index in [0.29, 0.717) is 13.1 Å². The van der Waals surface area contributed by atoms with Crippen molar-refractivity contribution >= 4 is 32.7 Å². The van der Waals surface area contributed by atoms with Crippen molar-refractivity contribution in [2.75, 3.05) is 18.4 Å². The second-order valence-corrected chi connectivity index (χ2v) is 9.78. The van der Waals surface area contributed by atoms with Crippen LogP contribution in [0.5, 0.6) is 0 Å². The summed E-state index contributed by atoms with van der Waals surface area (Å²) in [5, 5.41) is 15.4. The van der Waals surface area contributed by atoms with E-state index in [-0.39, 0.29) is 22.3 Å². The number of aryl methyl sites for hydroxylation is 1. The van der Waals surface area contributed by atoms with Gasteiger partial charge in [0.05, 0.1) is 15.9 Å². The van der Waals surface area contributed by atoms with Crippen molar-refractivity contribution < 1.29 is 13.3 Å². The topological polar surface area (TPSA) is 105 Å². The van der Waals surface area contributed by atoms with Crippen molar-refractivity contribution in [1.82, 2.24) is 9.29 Å². The van der Waals surface area contributed by atoms with Crippen molar-refractivity contribution in [3.05, 3.63) is 44.4 Å². The fourth-order valence-electron chi connectivity index (χ4n) is 3.07. The highest BCUT2D eigenvalue weighted by Crippen LogP contribution is 2.33. The fourth-order valence-corrected chi connectivity index (χ4v) is 5.38. The maximum Gasteiger partial charge on any atom is 0.293 e. The molecule has 146 valence electrons. The molecule has 0 amide bonds. The van der Waals surface area contributed by atoms with E-state index in [4.69, 9.17) is 0 Å². The summed E-state index contributed by atoms with van der Waals surface area (Å²) in [6.07, 6.45) is 4.38. The van der Waals surface area contributed by atoms with Gasteiger partial charge in [0, 0.05) is 30.2 Å². The zero-order valence-electron chi connectivity index (χ0n) is 15.2. The maximum atomic E-state index is 12.8. The van der Waals surface area contributed by atoms with Crippen LogP contribution in [0.3, 0.4) is 0 Å². The van der Waals surface area contributed by atoms with Crippen LogP contribution in [-0.2, 0) is 10.0 Å². The minimum atomic E-state index is -3.72. The number of sulfonamides is 1. The van der Waals surface area contributed by atoms with Crippen LogP contribution in [0.2, 0.25) is 0 Å². The number of rotatable bonds is 6. The first kappa shape index (κ1) is 19.7. The number of benzene rings is 1. The minimum Gasteiger partial charge on any atom is -0.371 e. The smallest absolute Gasteiger partial charge is 0.293 e. The van der Waals surface area contributed by atoms with E-state index < -0.39 is 14.9 Å². The Bertz CT molecular complexity index is 936. The number of nitrogens with zero attached hydrogens (tertiary/aromatic N) is 3. The Balaban J connectivity index is 1.89. The largest absolute Gasteiger partial charge is 0.371 e. The molecule has 10 heteroatoms. The fraction of sp³-hybridized carbons (Fsp3) is 0.471. The van der Waals surface area contributed by atoms with E-state index in [9.17, 15) is 18.5 Å². The zero-order chi connectivity index (χ0) is 19.6. The molecule has 0 spiro atoms. The molecule has 1 fully saturated rings. The molecule has 2 heterocycles. The summed E-state index contributed by atoms with van der Waals surface area (Å²) in [6.45, 7) is 4.71. The summed E-state index contributed by atoms with van der Waals surface area (Å²) in [5.74, 6) is 0. The molecule has 27 heavy (non-hydrogen) atoms. The van der Waals surface area contributed by atoms with E-state index in [2.05, 4.69) is 10.3 Å². The lowest BCUT2D eigenvalue weighted by Gasteiger charge is -2.26. The SMILES string of the molecule is Cc1cnc(C(C)Nc2ccc(S(=O)(=O)N3CCCCC3)cc2[N+](=O)[O-])s1. The van der Waals surface area contributed by atoms with Crippen LogP contribution in [-0.4, -0.2) is 35.7 Å². The van der Waals surface area contributed by atoms with Crippen molar-refractivity contribution in [2.45, 2.75) is 44.0 Å². The molecule has 1 aliphatic heterocycles. The maximum absolute atomic E-state index is 12.8. The van der Waals surface area contributed by atoms with Gasteiger partial charge in [-0.25, -0.2) is 13.4 Å². The van der Waals surface area contributed by atoms with E-state index in [0.717, 1.165) is 35.2 Å². The molecule has 1 aromatic heterocycles. The lowest BCUT2D eigenvalue weighted by Crippen LogP contribution is -2.35. The summed E-state index contributed by atoms with van der Waals surface area (Å²) >= 11 is 1.51. The second-order valence-electron chi connectivity index (χ2n) is 6.58. The van der Waals surface area contributed by atoms with Crippen LogP contribution < -0.4 is 5.32 Å². The number of nitro groups is 1. The summed E-state index contributed by atoms with van der Waals surface area (Å²) in [6, 6.07) is 3.81. The third kappa shape index (κ3) is 4.28. The predicted molar refractivity (Wildman–Crippen MR) is 105 cm³/mol. The highest BCUT2D eigenvalue weighted by molar-refractivity contribution is 7.89. The number of nitro benzene ring substituents is 1. The van der Waals surface area contributed by atoms with E-state index >= 15 is 0 Å². The number of aromatic nitrogens is 1. The van der Waals surface area contributed by atoms with Gasteiger partial charge in [-0.05, 0) is 38.8 Å². The molecule has 1 N–H and O–H groups in total. The molecule has 0 bridgehead atoms. The molecule has 2 aromatic rings. The van der Waals surface area contributed by atoms with Gasteiger partial charge >= 0.3 is 0 Å². The molecule has 1 aliphatic rings. The van der Waals surface area contributed by atoms with Crippen LogP contribution in [0.1, 0.15) is 42.1 Å². The number of anilines is 1. The summed E-state index contributed by atoms with van der Waals surface area (Å²) < 4.78 is 27.0. The Hall–Kier alpha value is -2.04. The number of hydrogen-bond acceptors (Lipinski definition) is 7. The predicted octanol–water partition coefficient (Wildman–Crippen LogP) is 3.71. The Morgan fingerprint density at radius 2 is 2.00 bits per heavy atom. The lowest BCUT2D eigenvalue weighted by molar-refractivity contribution is -0.384. The van der Waals surface area contributed by atoms with Crippen LogP contribution in [0.4, 0.5) is 11.4 Å². The molecular weight excluding hydrogens is 388 g/mol. The lowest BCUT2D eigenvalue weighted by atomic mass is 10.2. The first-order chi connectivity index (χ1) is 12.8. The molecule has 0 radical (unpaired) electrons. The quantitative estimate of drug-likeness (QED) is 0.575. The molecule has 3 rings (SSSR count). The van der Waals surface area contributed by atoms with Crippen LogP contribution in [0.25, 0.3) is 0 Å². The highest BCUT2D eigenvalue weighted by Gasteiger charge is 2.29. The molecule has 0 aliphatic carbocycles. The molecule has 1 aromatic carbocycles. The molecule has 0 saturated carbocycles. The Morgan fingerprint density at radius 3 is 2.59 bits per heavy atom. The number of nitrogens with one attached hydrogen (secondary N) is 1. The van der Waals surface area contributed by atoms with Gasteiger partial charge in [-0.3, -0.25) is 10.1 Å². The second kappa shape index (κ2) is 7.91. The Labute approximate surface area is 162 Å². The van der Waals surface area contributed by atoms with Crippen molar-refractivity contribution in [3.8, 4) is 0 Å². The number of hydrogen-bond donors (Lipinski definition) is 1. The van der Waals surface area contributed by atoms with Gasteiger partial charge in [-0.15, -0.1) is 11.3 Å². The normalized spacial score (nSPS) is 16.8. The Morgan fingerprint density at radius 1 is 1.30 bits per heavy atom. The summed E-state index contributed by atoms with van der Waals surface area (Å²) in [5.41, 5.74) is 0.0196. The summed E-state index contributed by atoms with van der Waals surface area (Å²) in [7, 11) is -3.72. The molecule has 1 saturated heterocycles. The minimum absolute atomic E-state index is 0.0422. The molecular formula is C17H22N4O4S2. The van der Waals surface area contributed by atoms with Crippen molar-refractivity contribution in [2.24, 2.45) is 0 Å². The first-order valence-corrected chi connectivity index (χ1v) is 11.0. The highest BCUT2D eigenvalue weighted by atomic mass is 32.2. The monoisotopic (exact) mass is 410 g/mol. The van der Waals surface area contributed by atoms with Gasteiger partial charge in [0.2, 0.25) is 10.0 Å². The van der Waals surface area contributed by atoms with Gasteiger partial charge in [-0.1, -0.05) is 6.42 Å². The van der Waals surface area contributed by atoms with Crippen LogP contribution in [0.15, 0.2) is 29.3 Å². The number of piperidine rings is 1. The van der Waals surface area contributed by atoms with Gasteiger partial charge in [-0.2, -0.15) is 4.31 Å². The molecule has 1 atom stereocenters. The van der Waals surface area contributed by atoms with E-state index in [1.807, 2.05) is 13.8 Å². The van der Waals surface area contributed by atoms with Crippen LogP contribution >= 0.6 is 11.3 Å². The zero-order valence-corrected chi connectivity index (χ0v) is 16.8. The average molecular weight is 411 g/mol. The van der Waals surface area contributed by atoms with E-state index in [1.165, 1.54) is 27.8 Å².